The Kier molecular flexibility index (Phi) is 5.16. The molecule has 0 atom stereocenters. The summed E-state index contributed by atoms with van der Waals surface area (Å²) in [5.74, 6) is 1.55. The second-order valence-electron chi connectivity index (χ2n) is 5.91. The molecule has 0 spiro atoms. The van der Waals surface area contributed by atoms with Crippen LogP contribution in [0.3, 0.4) is 0 Å². The standard InChI is InChI=1S/C17H25N3O2/c18-17(20-9-11-21-12-10-20)19-13-14-5-1-4-8-16(14)22-15-6-2-3-7-15/h1,4-5,8,15H,2-3,6-7,9-13H2,(H2,18,19). The van der Waals surface area contributed by atoms with Gasteiger partial charge in [-0.25, -0.2) is 4.99 Å². The van der Waals surface area contributed by atoms with Crippen LogP contribution >= 0.6 is 0 Å². The van der Waals surface area contributed by atoms with Crippen LogP contribution in [0, 0.1) is 0 Å². The van der Waals surface area contributed by atoms with E-state index in [4.69, 9.17) is 15.2 Å². The van der Waals surface area contributed by atoms with Crippen molar-refractivity contribution >= 4 is 5.96 Å². The first-order chi connectivity index (χ1) is 10.8. The highest BCUT2D eigenvalue weighted by Gasteiger charge is 2.18. The molecule has 1 heterocycles. The van der Waals surface area contributed by atoms with Gasteiger partial charge in [0.1, 0.15) is 5.75 Å². The monoisotopic (exact) mass is 303 g/mol. The molecule has 3 rings (SSSR count). The van der Waals surface area contributed by atoms with Gasteiger partial charge in [-0.2, -0.15) is 0 Å². The van der Waals surface area contributed by atoms with Crippen molar-refractivity contribution in [2.24, 2.45) is 10.7 Å². The highest BCUT2D eigenvalue weighted by molar-refractivity contribution is 5.78. The Morgan fingerprint density at radius 2 is 1.95 bits per heavy atom. The molecule has 1 aliphatic heterocycles. The average Bonchev–Trinajstić information content (AvgIpc) is 3.07. The summed E-state index contributed by atoms with van der Waals surface area (Å²) < 4.78 is 11.5. The van der Waals surface area contributed by atoms with E-state index < -0.39 is 0 Å². The third kappa shape index (κ3) is 3.91. The number of guanidine groups is 1. The summed E-state index contributed by atoms with van der Waals surface area (Å²) in [6, 6.07) is 8.15. The van der Waals surface area contributed by atoms with Gasteiger partial charge in [0.25, 0.3) is 0 Å². The number of ether oxygens (including phenoxy) is 2. The molecule has 5 heteroatoms. The van der Waals surface area contributed by atoms with E-state index in [2.05, 4.69) is 16.0 Å². The van der Waals surface area contributed by atoms with Gasteiger partial charge in [-0.1, -0.05) is 18.2 Å². The molecule has 1 saturated carbocycles. The summed E-state index contributed by atoms with van der Waals surface area (Å²) in [5.41, 5.74) is 7.19. The van der Waals surface area contributed by atoms with Crippen LogP contribution in [0.15, 0.2) is 29.3 Å². The van der Waals surface area contributed by atoms with Crippen LogP contribution in [-0.2, 0) is 11.3 Å². The number of hydrogen-bond donors (Lipinski definition) is 1. The molecule has 22 heavy (non-hydrogen) atoms. The molecule has 2 fully saturated rings. The summed E-state index contributed by atoms with van der Waals surface area (Å²) in [6.45, 7) is 3.63. The zero-order valence-corrected chi connectivity index (χ0v) is 13.0. The van der Waals surface area contributed by atoms with Crippen molar-refractivity contribution in [3.63, 3.8) is 0 Å². The third-order valence-electron chi connectivity index (χ3n) is 4.31. The molecular weight excluding hydrogens is 278 g/mol. The summed E-state index contributed by atoms with van der Waals surface area (Å²) in [4.78, 5) is 6.61. The Bertz CT molecular complexity index is 506. The molecule has 0 bridgehead atoms. The molecule has 0 amide bonds. The van der Waals surface area contributed by atoms with Gasteiger partial charge in [0.05, 0.1) is 25.9 Å². The van der Waals surface area contributed by atoms with Gasteiger partial charge in [0, 0.05) is 18.7 Å². The van der Waals surface area contributed by atoms with Crippen LogP contribution in [0.4, 0.5) is 0 Å². The van der Waals surface area contributed by atoms with Crippen LogP contribution < -0.4 is 10.5 Å². The Morgan fingerprint density at radius 3 is 2.73 bits per heavy atom. The normalized spacial score (nSPS) is 20.4. The van der Waals surface area contributed by atoms with E-state index in [1.165, 1.54) is 12.8 Å². The fraction of sp³-hybridized carbons (Fsp3) is 0.588. The molecule has 120 valence electrons. The van der Waals surface area contributed by atoms with E-state index in [1.54, 1.807) is 0 Å². The molecule has 0 aromatic heterocycles. The summed E-state index contributed by atoms with van der Waals surface area (Å²) in [6.07, 6.45) is 5.23. The SMILES string of the molecule is NC(=NCc1ccccc1OC1CCCC1)N1CCOCC1. The second kappa shape index (κ2) is 7.49. The molecule has 5 nitrogen and oxygen atoms in total. The number of para-hydroxylation sites is 1. The fourth-order valence-electron chi connectivity index (χ4n) is 2.99. The highest BCUT2D eigenvalue weighted by atomic mass is 16.5. The van der Waals surface area contributed by atoms with Gasteiger partial charge in [-0.3, -0.25) is 0 Å². The van der Waals surface area contributed by atoms with Crippen LogP contribution in [0.25, 0.3) is 0 Å². The number of morpholine rings is 1. The number of nitrogens with zero attached hydrogens (tertiary/aromatic N) is 2. The third-order valence-corrected chi connectivity index (χ3v) is 4.31. The van der Waals surface area contributed by atoms with Gasteiger partial charge in [0.2, 0.25) is 0 Å². The number of benzene rings is 1. The molecule has 1 aromatic carbocycles. The largest absolute Gasteiger partial charge is 0.490 e. The highest BCUT2D eigenvalue weighted by Crippen LogP contribution is 2.27. The van der Waals surface area contributed by atoms with Crippen LogP contribution in [0.2, 0.25) is 0 Å². The molecular formula is C17H25N3O2. The zero-order valence-electron chi connectivity index (χ0n) is 13.0. The molecule has 0 unspecified atom stereocenters. The molecule has 2 aliphatic rings. The van der Waals surface area contributed by atoms with E-state index in [-0.39, 0.29) is 0 Å². The first-order valence-electron chi connectivity index (χ1n) is 8.20. The van der Waals surface area contributed by atoms with Crippen molar-refractivity contribution in [3.8, 4) is 5.75 Å². The van der Waals surface area contributed by atoms with Crippen LogP contribution in [0.1, 0.15) is 31.2 Å². The van der Waals surface area contributed by atoms with Gasteiger partial charge in [0.15, 0.2) is 5.96 Å². The minimum absolute atomic E-state index is 0.363. The number of hydrogen-bond acceptors (Lipinski definition) is 3. The predicted molar refractivity (Wildman–Crippen MR) is 87.0 cm³/mol. The maximum absolute atomic E-state index is 6.14. The quantitative estimate of drug-likeness (QED) is 0.684. The van der Waals surface area contributed by atoms with Gasteiger partial charge < -0.3 is 20.1 Å². The maximum atomic E-state index is 6.14. The minimum Gasteiger partial charge on any atom is -0.490 e. The van der Waals surface area contributed by atoms with Crippen LogP contribution in [-0.4, -0.2) is 43.3 Å². The summed E-state index contributed by atoms with van der Waals surface area (Å²) >= 11 is 0. The van der Waals surface area contributed by atoms with Crippen LogP contribution in [0.5, 0.6) is 5.75 Å². The predicted octanol–water partition coefficient (Wildman–Crippen LogP) is 2.15. The Morgan fingerprint density at radius 1 is 1.23 bits per heavy atom. The van der Waals surface area contributed by atoms with Gasteiger partial charge >= 0.3 is 0 Å². The van der Waals surface area contributed by atoms with Crippen molar-refractivity contribution in [1.82, 2.24) is 4.90 Å². The molecule has 1 saturated heterocycles. The number of rotatable bonds is 4. The first-order valence-corrected chi connectivity index (χ1v) is 8.20. The number of aliphatic imine (C=N–C) groups is 1. The van der Waals surface area contributed by atoms with Crippen molar-refractivity contribution < 1.29 is 9.47 Å². The number of nitrogens with two attached hydrogens (primary N) is 1. The average molecular weight is 303 g/mol. The zero-order chi connectivity index (χ0) is 15.2. The molecule has 0 radical (unpaired) electrons. The van der Waals surface area contributed by atoms with Crippen molar-refractivity contribution in [1.29, 1.82) is 0 Å². The lowest BCUT2D eigenvalue weighted by Gasteiger charge is -2.27. The minimum atomic E-state index is 0.363. The lowest BCUT2D eigenvalue weighted by Crippen LogP contribution is -2.44. The van der Waals surface area contributed by atoms with Crippen molar-refractivity contribution in [2.75, 3.05) is 26.3 Å². The fourth-order valence-corrected chi connectivity index (χ4v) is 2.99. The smallest absolute Gasteiger partial charge is 0.191 e. The Labute approximate surface area is 132 Å². The lowest BCUT2D eigenvalue weighted by molar-refractivity contribution is 0.0674. The van der Waals surface area contributed by atoms with Gasteiger partial charge in [-0.05, 0) is 31.7 Å². The van der Waals surface area contributed by atoms with E-state index >= 15 is 0 Å². The second-order valence-corrected chi connectivity index (χ2v) is 5.91. The van der Waals surface area contributed by atoms with E-state index in [0.29, 0.717) is 18.6 Å². The van der Waals surface area contributed by atoms with E-state index in [0.717, 1.165) is 50.5 Å². The first kappa shape index (κ1) is 15.2. The molecule has 2 N–H and O–H groups in total. The Hall–Kier alpha value is -1.75. The van der Waals surface area contributed by atoms with E-state index in [1.807, 2.05) is 18.2 Å². The van der Waals surface area contributed by atoms with Crippen molar-refractivity contribution in [3.05, 3.63) is 29.8 Å². The van der Waals surface area contributed by atoms with E-state index in [9.17, 15) is 0 Å². The topological polar surface area (TPSA) is 60.1 Å². The Balaban J connectivity index is 1.63. The summed E-state index contributed by atoms with van der Waals surface area (Å²) in [5, 5.41) is 0. The summed E-state index contributed by atoms with van der Waals surface area (Å²) in [7, 11) is 0. The lowest BCUT2D eigenvalue weighted by atomic mass is 10.2. The molecule has 1 aliphatic carbocycles. The van der Waals surface area contributed by atoms with Crippen molar-refractivity contribution in [2.45, 2.75) is 38.3 Å². The molecule has 1 aromatic rings. The van der Waals surface area contributed by atoms with Gasteiger partial charge in [-0.15, -0.1) is 0 Å². The maximum Gasteiger partial charge on any atom is 0.191 e.